The molecule has 1 aromatic heterocycles. The van der Waals surface area contributed by atoms with Gasteiger partial charge in [0, 0.05) is 32.3 Å². The predicted molar refractivity (Wildman–Crippen MR) is 76.4 cm³/mol. The molecule has 1 saturated heterocycles. The summed E-state index contributed by atoms with van der Waals surface area (Å²) >= 11 is 0. The van der Waals surface area contributed by atoms with Crippen LogP contribution in [0.5, 0.6) is 5.75 Å². The third-order valence-corrected chi connectivity index (χ3v) is 3.88. The van der Waals surface area contributed by atoms with E-state index in [0.717, 1.165) is 0 Å². The average molecular weight is 307 g/mol. The maximum absolute atomic E-state index is 12.7. The van der Waals surface area contributed by atoms with Crippen molar-refractivity contribution in [1.82, 2.24) is 9.58 Å². The highest BCUT2D eigenvalue weighted by molar-refractivity contribution is 5.97. The number of hydrogen-bond donors (Lipinski definition) is 0. The summed E-state index contributed by atoms with van der Waals surface area (Å²) in [4.78, 5) is 38.0. The van der Waals surface area contributed by atoms with Crippen LogP contribution in [0.25, 0.3) is 0 Å². The molecule has 2 aliphatic rings. The lowest BCUT2D eigenvalue weighted by molar-refractivity contribution is -0.134. The Morgan fingerprint density at radius 2 is 2.23 bits per heavy atom. The van der Waals surface area contributed by atoms with Crippen molar-refractivity contribution in [3.05, 3.63) is 28.2 Å². The molecular weight excluding hydrogens is 290 g/mol. The van der Waals surface area contributed by atoms with Gasteiger partial charge in [0.2, 0.25) is 11.2 Å². The molecule has 0 N–H and O–H groups in total. The van der Waals surface area contributed by atoms with E-state index in [1.807, 2.05) is 0 Å². The van der Waals surface area contributed by atoms with E-state index in [1.54, 1.807) is 23.9 Å². The minimum Gasteiger partial charge on any atom is -0.420 e. The van der Waals surface area contributed by atoms with Crippen molar-refractivity contribution in [3.63, 3.8) is 0 Å². The highest BCUT2D eigenvalue weighted by Gasteiger charge is 2.40. The van der Waals surface area contributed by atoms with Gasteiger partial charge in [0.25, 0.3) is 5.91 Å². The second-order valence-corrected chi connectivity index (χ2v) is 5.16. The van der Waals surface area contributed by atoms with Crippen LogP contribution in [-0.2, 0) is 9.53 Å². The summed E-state index contributed by atoms with van der Waals surface area (Å²) in [6.07, 6.45) is 1.38. The summed E-state index contributed by atoms with van der Waals surface area (Å²) < 4.78 is 12.1. The van der Waals surface area contributed by atoms with E-state index in [2.05, 4.69) is 0 Å². The highest BCUT2D eigenvalue weighted by atomic mass is 16.5. The summed E-state index contributed by atoms with van der Waals surface area (Å²) in [6, 6.07) is 1.28. The van der Waals surface area contributed by atoms with E-state index in [-0.39, 0.29) is 29.9 Å². The lowest BCUT2D eigenvalue weighted by atomic mass is 10.2. The second kappa shape index (κ2) is 5.45. The molecule has 8 nitrogen and oxygen atoms in total. The second-order valence-electron chi connectivity index (χ2n) is 5.16. The van der Waals surface area contributed by atoms with Crippen LogP contribution in [0.1, 0.15) is 23.8 Å². The molecule has 1 fully saturated rings. The quantitative estimate of drug-likeness (QED) is 0.688. The molecule has 118 valence electrons. The number of carbonyl (C=O) groups excluding carboxylic acids is 2. The van der Waals surface area contributed by atoms with E-state index >= 15 is 0 Å². The molecule has 0 saturated carbocycles. The van der Waals surface area contributed by atoms with Crippen molar-refractivity contribution in [2.45, 2.75) is 19.5 Å². The zero-order valence-electron chi connectivity index (χ0n) is 12.4. The summed E-state index contributed by atoms with van der Waals surface area (Å²) in [5, 5.41) is 1.79. The third kappa shape index (κ3) is 2.16. The van der Waals surface area contributed by atoms with Gasteiger partial charge in [-0.05, 0) is 0 Å². The first-order valence-electron chi connectivity index (χ1n) is 7.12. The fourth-order valence-electron chi connectivity index (χ4n) is 2.67. The Hall–Kier alpha value is -2.35. The topological polar surface area (TPSA) is 81.1 Å². The van der Waals surface area contributed by atoms with Gasteiger partial charge in [0.05, 0.1) is 13.2 Å². The van der Waals surface area contributed by atoms with Crippen molar-refractivity contribution >= 4 is 11.9 Å². The number of carbonyl (C=O) groups is 2. The first kappa shape index (κ1) is 14.6. The van der Waals surface area contributed by atoms with E-state index in [4.69, 9.17) is 9.47 Å². The molecule has 3 rings (SSSR count). The lowest BCUT2D eigenvalue weighted by Gasteiger charge is -2.46. The first-order valence-corrected chi connectivity index (χ1v) is 7.12. The van der Waals surface area contributed by atoms with Gasteiger partial charge in [-0.2, -0.15) is 0 Å². The van der Waals surface area contributed by atoms with Crippen molar-refractivity contribution in [1.29, 1.82) is 0 Å². The van der Waals surface area contributed by atoms with Crippen LogP contribution in [0.3, 0.4) is 0 Å². The minimum atomic E-state index is -0.550. The molecule has 1 amide bonds. The largest absolute Gasteiger partial charge is 0.420 e. The van der Waals surface area contributed by atoms with Crippen LogP contribution in [0.2, 0.25) is 0 Å². The normalized spacial score (nSPS) is 20.5. The standard InChI is InChI=1S/C14H17N3O5/c1-3-11(19)22-13-9(18)4-5-17-12(13)14(20)16-6-7-21-8-10(16)15(17)2/h4-5,10H,3,6-8H2,1-2H3. The lowest BCUT2D eigenvalue weighted by Crippen LogP contribution is -2.64. The molecule has 0 bridgehead atoms. The van der Waals surface area contributed by atoms with Crippen LogP contribution in [0.4, 0.5) is 0 Å². The number of hydrogen-bond acceptors (Lipinski definition) is 6. The number of aromatic nitrogens is 1. The number of amides is 1. The van der Waals surface area contributed by atoms with E-state index in [0.29, 0.717) is 19.8 Å². The Balaban J connectivity index is 2.13. The van der Waals surface area contributed by atoms with E-state index < -0.39 is 11.4 Å². The zero-order chi connectivity index (χ0) is 15.9. The maximum Gasteiger partial charge on any atom is 0.311 e. The number of likely N-dealkylation sites (N-methyl/N-ethyl adjacent to an activating group) is 1. The monoisotopic (exact) mass is 307 g/mol. The molecule has 0 aliphatic carbocycles. The molecule has 1 atom stereocenters. The predicted octanol–water partition coefficient (Wildman–Crippen LogP) is -0.456. The number of esters is 1. The van der Waals surface area contributed by atoms with Gasteiger partial charge in [-0.15, -0.1) is 0 Å². The van der Waals surface area contributed by atoms with Gasteiger partial charge in [0.15, 0.2) is 5.69 Å². The van der Waals surface area contributed by atoms with Crippen LogP contribution in [0, 0.1) is 0 Å². The van der Waals surface area contributed by atoms with Crippen LogP contribution >= 0.6 is 0 Å². The molecular formula is C14H17N3O5. The smallest absolute Gasteiger partial charge is 0.311 e. The van der Waals surface area contributed by atoms with Gasteiger partial charge in [0.1, 0.15) is 6.17 Å². The van der Waals surface area contributed by atoms with E-state index in [9.17, 15) is 14.4 Å². The fraction of sp³-hybridized carbons (Fsp3) is 0.500. The molecule has 1 unspecified atom stereocenters. The Bertz CT molecular complexity index is 684. The Morgan fingerprint density at radius 3 is 2.95 bits per heavy atom. The summed E-state index contributed by atoms with van der Waals surface area (Å²) in [5.74, 6) is -1.09. The molecule has 2 aliphatic heterocycles. The number of morpholine rings is 1. The van der Waals surface area contributed by atoms with Crippen molar-refractivity contribution < 1.29 is 19.1 Å². The molecule has 1 aromatic rings. The number of pyridine rings is 1. The molecule has 8 heteroatoms. The van der Waals surface area contributed by atoms with Crippen LogP contribution < -0.4 is 15.2 Å². The Morgan fingerprint density at radius 1 is 1.45 bits per heavy atom. The van der Waals surface area contributed by atoms with Gasteiger partial charge in [-0.25, -0.2) is 0 Å². The summed E-state index contributed by atoms with van der Waals surface area (Å²) in [7, 11) is 1.79. The first-order chi connectivity index (χ1) is 10.5. The number of rotatable bonds is 2. The van der Waals surface area contributed by atoms with Gasteiger partial charge >= 0.3 is 5.97 Å². The molecule has 22 heavy (non-hydrogen) atoms. The van der Waals surface area contributed by atoms with Crippen molar-refractivity contribution in [3.8, 4) is 5.75 Å². The third-order valence-electron chi connectivity index (χ3n) is 3.88. The molecule has 3 heterocycles. The average Bonchev–Trinajstić information content (AvgIpc) is 2.54. The van der Waals surface area contributed by atoms with Gasteiger partial charge < -0.3 is 14.4 Å². The number of fused-ring (bicyclic) bond motifs is 2. The minimum absolute atomic E-state index is 0.0787. The summed E-state index contributed by atoms with van der Waals surface area (Å²) in [5.41, 5.74) is -0.406. The number of ether oxygens (including phenoxy) is 2. The number of nitrogens with zero attached hydrogens (tertiary/aromatic N) is 3. The molecule has 0 spiro atoms. The zero-order valence-corrected chi connectivity index (χ0v) is 12.4. The molecule has 0 aromatic carbocycles. The highest BCUT2D eigenvalue weighted by Crippen LogP contribution is 2.25. The maximum atomic E-state index is 12.7. The molecule has 0 radical (unpaired) electrons. The Kier molecular flexibility index (Phi) is 3.61. The fourth-order valence-corrected chi connectivity index (χ4v) is 2.67. The van der Waals surface area contributed by atoms with Crippen molar-refractivity contribution in [2.24, 2.45) is 0 Å². The SMILES string of the molecule is CCC(=O)Oc1c2n(ccc1=O)N(C)C1COCCN1C2=O. The van der Waals surface area contributed by atoms with Gasteiger partial charge in [-0.1, -0.05) is 6.92 Å². The summed E-state index contributed by atoms with van der Waals surface area (Å²) in [6.45, 7) is 2.88. The Labute approximate surface area is 126 Å². The van der Waals surface area contributed by atoms with Crippen LogP contribution in [0.15, 0.2) is 17.1 Å². The van der Waals surface area contributed by atoms with Crippen molar-refractivity contribution in [2.75, 3.05) is 31.8 Å². The van der Waals surface area contributed by atoms with E-state index in [1.165, 1.54) is 16.9 Å². The van der Waals surface area contributed by atoms with Crippen LogP contribution in [-0.4, -0.2) is 54.4 Å². The van der Waals surface area contributed by atoms with Gasteiger partial charge in [-0.3, -0.25) is 24.1 Å².